The lowest BCUT2D eigenvalue weighted by Gasteiger charge is -2.12. The number of nitrogens with zero attached hydrogens (tertiary/aromatic N) is 2. The molecule has 0 radical (unpaired) electrons. The van der Waals surface area contributed by atoms with Gasteiger partial charge in [0.25, 0.3) is 0 Å². The molecule has 0 atom stereocenters. The second-order valence-corrected chi connectivity index (χ2v) is 6.62. The van der Waals surface area contributed by atoms with Crippen LogP contribution < -0.4 is 11.1 Å². The third-order valence-electron chi connectivity index (χ3n) is 3.72. The van der Waals surface area contributed by atoms with Crippen LogP contribution in [-0.2, 0) is 6.54 Å². The average molecular weight is 408 g/mol. The molecular weight excluding hydrogens is 395 g/mol. The molecule has 1 aromatic heterocycles. The zero-order valence-electron chi connectivity index (χ0n) is 13.3. The summed E-state index contributed by atoms with van der Waals surface area (Å²) in [6.45, 7) is 0.339. The Morgan fingerprint density at radius 1 is 1.08 bits per heavy atom. The average Bonchev–Trinajstić information content (AvgIpc) is 2.62. The monoisotopic (exact) mass is 406 g/mol. The highest BCUT2D eigenvalue weighted by atomic mass is 35.5. The van der Waals surface area contributed by atoms with Crippen molar-refractivity contribution in [3.05, 3.63) is 68.8 Å². The quantitative estimate of drug-likeness (QED) is 0.574. The van der Waals surface area contributed by atoms with Gasteiger partial charge in [-0.1, -0.05) is 46.9 Å². The third kappa shape index (κ3) is 3.90. The predicted molar refractivity (Wildman–Crippen MR) is 106 cm³/mol. The highest BCUT2D eigenvalue weighted by molar-refractivity contribution is 6.36. The van der Waals surface area contributed by atoms with Crippen LogP contribution in [0.3, 0.4) is 0 Å². The summed E-state index contributed by atoms with van der Waals surface area (Å²) in [7, 11) is 0. The van der Waals surface area contributed by atoms with Crippen molar-refractivity contribution in [1.82, 2.24) is 9.97 Å². The van der Waals surface area contributed by atoms with Crippen LogP contribution >= 0.6 is 34.8 Å². The number of carbonyl (C=O) groups is 1. The first-order valence-electron chi connectivity index (χ1n) is 7.54. The number of nitrogens with one attached hydrogen (secondary N) is 1. The van der Waals surface area contributed by atoms with Crippen LogP contribution in [0, 0.1) is 0 Å². The molecule has 3 N–H and O–H groups in total. The number of nitrogens with two attached hydrogens (primary N) is 1. The van der Waals surface area contributed by atoms with Crippen molar-refractivity contribution >= 4 is 52.7 Å². The van der Waals surface area contributed by atoms with Crippen molar-refractivity contribution in [2.45, 2.75) is 6.54 Å². The van der Waals surface area contributed by atoms with E-state index < -0.39 is 0 Å². The minimum Gasteiger partial charge on any atom is -0.381 e. The van der Waals surface area contributed by atoms with Crippen LogP contribution in [0.25, 0.3) is 11.3 Å². The maximum Gasteiger partial charge on any atom is 0.169 e. The summed E-state index contributed by atoms with van der Waals surface area (Å²) < 4.78 is 0. The van der Waals surface area contributed by atoms with Gasteiger partial charge in [0.2, 0.25) is 0 Å². The summed E-state index contributed by atoms with van der Waals surface area (Å²) >= 11 is 18.4. The molecule has 8 heteroatoms. The van der Waals surface area contributed by atoms with Gasteiger partial charge in [-0.2, -0.15) is 0 Å². The molecule has 132 valence electrons. The molecule has 0 amide bonds. The van der Waals surface area contributed by atoms with E-state index in [1.54, 1.807) is 36.4 Å². The third-order valence-corrected chi connectivity index (χ3v) is 4.75. The first kappa shape index (κ1) is 18.5. The number of aromatic nitrogens is 2. The fourth-order valence-corrected chi connectivity index (χ4v) is 3.08. The predicted octanol–water partition coefficient (Wildman–Crippen LogP) is 5.11. The molecule has 0 fully saturated rings. The van der Waals surface area contributed by atoms with Gasteiger partial charge >= 0.3 is 0 Å². The summed E-state index contributed by atoms with van der Waals surface area (Å²) in [6, 6.07) is 10.3. The van der Waals surface area contributed by atoms with Crippen molar-refractivity contribution in [3.63, 3.8) is 0 Å². The van der Waals surface area contributed by atoms with Gasteiger partial charge in [-0.3, -0.25) is 4.79 Å². The minimum absolute atomic E-state index is 0.243. The van der Waals surface area contributed by atoms with Crippen molar-refractivity contribution in [2.75, 3.05) is 11.1 Å². The maximum atomic E-state index is 10.9. The molecule has 0 aliphatic heterocycles. The number of benzene rings is 2. The molecule has 0 aliphatic carbocycles. The zero-order valence-corrected chi connectivity index (χ0v) is 15.6. The molecule has 2 aromatic carbocycles. The highest BCUT2D eigenvalue weighted by Gasteiger charge is 2.11. The Morgan fingerprint density at radius 2 is 1.81 bits per heavy atom. The summed E-state index contributed by atoms with van der Waals surface area (Å²) in [5, 5.41) is 4.53. The van der Waals surface area contributed by atoms with E-state index in [0.29, 0.717) is 50.5 Å². The molecule has 0 bridgehead atoms. The number of halogens is 3. The first-order chi connectivity index (χ1) is 12.5. The van der Waals surface area contributed by atoms with E-state index in [4.69, 9.17) is 40.5 Å². The Morgan fingerprint density at radius 3 is 2.46 bits per heavy atom. The zero-order chi connectivity index (χ0) is 18.7. The molecule has 0 saturated heterocycles. The molecule has 1 heterocycles. The van der Waals surface area contributed by atoms with Crippen LogP contribution in [0.2, 0.25) is 15.1 Å². The summed E-state index contributed by atoms with van der Waals surface area (Å²) in [5.74, 6) is 0.640. The molecule has 3 aromatic rings. The smallest absolute Gasteiger partial charge is 0.169 e. The SMILES string of the molecule is Nc1ncc(-c2ccc(C=O)c(Cl)c2)nc1NCc1c(Cl)cccc1Cl. The normalized spacial score (nSPS) is 10.6. The fraction of sp³-hybridized carbons (Fsp3) is 0.0556. The number of anilines is 2. The van der Waals surface area contributed by atoms with Gasteiger partial charge in [0.1, 0.15) is 0 Å². The maximum absolute atomic E-state index is 10.9. The molecular formula is C18H13Cl3N4O. The van der Waals surface area contributed by atoms with Crippen LogP contribution in [0.15, 0.2) is 42.6 Å². The Hall–Kier alpha value is -2.34. The summed E-state index contributed by atoms with van der Waals surface area (Å²) in [4.78, 5) is 19.5. The second-order valence-electron chi connectivity index (χ2n) is 5.40. The lowest BCUT2D eigenvalue weighted by Crippen LogP contribution is -2.07. The van der Waals surface area contributed by atoms with Gasteiger partial charge in [-0.15, -0.1) is 0 Å². The Labute approximate surface area is 165 Å². The van der Waals surface area contributed by atoms with Crippen molar-refractivity contribution in [2.24, 2.45) is 0 Å². The number of aldehydes is 1. The van der Waals surface area contributed by atoms with Gasteiger partial charge in [-0.05, 0) is 24.3 Å². The van der Waals surface area contributed by atoms with Crippen molar-refractivity contribution < 1.29 is 4.79 Å². The standard InChI is InChI=1S/C18H13Cl3N4O/c19-13-2-1-3-14(20)12(13)7-24-18-17(22)23-8-16(25-18)10-4-5-11(9-26)15(21)6-10/h1-6,8-9H,7H2,(H2,22,23)(H,24,25). The number of hydrogen-bond donors (Lipinski definition) is 2. The van der Waals surface area contributed by atoms with Gasteiger partial charge in [0, 0.05) is 33.3 Å². The molecule has 0 saturated carbocycles. The lowest BCUT2D eigenvalue weighted by molar-refractivity contribution is 0.112. The minimum atomic E-state index is 0.243. The van der Waals surface area contributed by atoms with Gasteiger partial charge in [0.05, 0.1) is 16.9 Å². The van der Waals surface area contributed by atoms with E-state index in [-0.39, 0.29) is 5.82 Å². The molecule has 0 spiro atoms. The van der Waals surface area contributed by atoms with Crippen LogP contribution in [0.5, 0.6) is 0 Å². The van der Waals surface area contributed by atoms with E-state index in [9.17, 15) is 4.79 Å². The van der Waals surface area contributed by atoms with Crippen molar-refractivity contribution in [3.8, 4) is 11.3 Å². The van der Waals surface area contributed by atoms with E-state index in [1.165, 1.54) is 6.20 Å². The van der Waals surface area contributed by atoms with Crippen molar-refractivity contribution in [1.29, 1.82) is 0 Å². The topological polar surface area (TPSA) is 80.9 Å². The Balaban J connectivity index is 1.88. The van der Waals surface area contributed by atoms with Gasteiger partial charge in [-0.25, -0.2) is 9.97 Å². The highest BCUT2D eigenvalue weighted by Crippen LogP contribution is 2.28. The van der Waals surface area contributed by atoms with E-state index in [0.717, 1.165) is 5.56 Å². The molecule has 5 nitrogen and oxygen atoms in total. The number of hydrogen-bond acceptors (Lipinski definition) is 5. The Bertz CT molecular complexity index is 958. The largest absolute Gasteiger partial charge is 0.381 e. The van der Waals surface area contributed by atoms with Gasteiger partial charge < -0.3 is 11.1 Å². The van der Waals surface area contributed by atoms with E-state index >= 15 is 0 Å². The Kier molecular flexibility index (Phi) is 5.61. The number of nitrogen functional groups attached to an aromatic ring is 1. The summed E-state index contributed by atoms with van der Waals surface area (Å²) in [5.41, 5.74) is 8.33. The lowest BCUT2D eigenvalue weighted by atomic mass is 10.1. The van der Waals surface area contributed by atoms with E-state index in [1.807, 2.05) is 0 Å². The first-order valence-corrected chi connectivity index (χ1v) is 8.67. The molecule has 0 unspecified atom stereocenters. The molecule has 0 aliphatic rings. The number of rotatable bonds is 5. The molecule has 26 heavy (non-hydrogen) atoms. The fourth-order valence-electron chi connectivity index (χ4n) is 2.32. The van der Waals surface area contributed by atoms with E-state index in [2.05, 4.69) is 15.3 Å². The molecule has 3 rings (SSSR count). The van der Waals surface area contributed by atoms with Gasteiger partial charge in [0.15, 0.2) is 17.9 Å². The number of carbonyl (C=O) groups excluding carboxylic acids is 1. The van der Waals surface area contributed by atoms with Crippen LogP contribution in [0.4, 0.5) is 11.6 Å². The van der Waals surface area contributed by atoms with Crippen LogP contribution in [-0.4, -0.2) is 16.3 Å². The van der Waals surface area contributed by atoms with Crippen LogP contribution in [0.1, 0.15) is 15.9 Å². The second kappa shape index (κ2) is 7.91. The summed E-state index contributed by atoms with van der Waals surface area (Å²) in [6.07, 6.45) is 2.23.